The van der Waals surface area contributed by atoms with E-state index in [9.17, 15) is 27.2 Å². The average molecular weight is 587 g/mol. The summed E-state index contributed by atoms with van der Waals surface area (Å²) in [6.45, 7) is 8.54. The first-order valence-electron chi connectivity index (χ1n) is 14.0. The highest BCUT2D eigenvalue weighted by Crippen LogP contribution is 2.33. The summed E-state index contributed by atoms with van der Waals surface area (Å²) in [6, 6.07) is 8.56. The fourth-order valence-electron chi connectivity index (χ4n) is 5.33. The molecule has 0 spiro atoms. The van der Waals surface area contributed by atoms with E-state index < -0.39 is 23.2 Å². The van der Waals surface area contributed by atoms with Crippen molar-refractivity contribution in [3.05, 3.63) is 70.5 Å². The molecule has 2 amide bonds. The summed E-state index contributed by atoms with van der Waals surface area (Å²) in [5.74, 6) is -1.02. The fourth-order valence-corrected chi connectivity index (χ4v) is 5.33. The van der Waals surface area contributed by atoms with Crippen molar-refractivity contribution < 1.29 is 31.9 Å². The topological polar surface area (TPSA) is 65.5 Å². The highest BCUT2D eigenvalue weighted by molar-refractivity contribution is 6.40. The van der Waals surface area contributed by atoms with E-state index in [4.69, 9.17) is 4.74 Å². The van der Waals surface area contributed by atoms with E-state index in [1.165, 1.54) is 6.07 Å². The van der Waals surface area contributed by atoms with Gasteiger partial charge in [0.1, 0.15) is 17.1 Å². The number of ether oxygens (including phenoxy) is 1. The maximum atomic E-state index is 14.3. The number of nitrogens with zero attached hydrogens (tertiary/aromatic N) is 4. The summed E-state index contributed by atoms with van der Waals surface area (Å²) in [6.07, 6.45) is -1.75. The summed E-state index contributed by atoms with van der Waals surface area (Å²) < 4.78 is 58.3. The van der Waals surface area contributed by atoms with Gasteiger partial charge in [-0.05, 0) is 68.2 Å². The fraction of sp³-hybridized carbons (Fsp3) is 0.452. The van der Waals surface area contributed by atoms with Crippen molar-refractivity contribution in [2.75, 3.05) is 39.3 Å². The van der Waals surface area contributed by atoms with E-state index >= 15 is 0 Å². The van der Waals surface area contributed by atoms with Gasteiger partial charge in [0, 0.05) is 57.8 Å². The molecular weight excluding hydrogens is 552 g/mol. The second kappa shape index (κ2) is 11.5. The lowest BCUT2D eigenvalue weighted by atomic mass is 9.96. The Bertz CT molecular complexity index is 1440. The van der Waals surface area contributed by atoms with Gasteiger partial charge in [-0.2, -0.15) is 13.2 Å². The van der Waals surface area contributed by atoms with Gasteiger partial charge >= 0.3 is 12.3 Å². The van der Waals surface area contributed by atoms with Gasteiger partial charge in [0.25, 0.3) is 5.91 Å². The number of hydrogen-bond donors (Lipinski definition) is 0. The molecule has 0 aromatic heterocycles. The van der Waals surface area contributed by atoms with Crippen molar-refractivity contribution in [1.82, 2.24) is 14.7 Å². The SMILES string of the molecule is CC(C)(C)OC(=O)N1CC=C(c2ccc3c(c2)CC(C(=O)N2CCN(Cc4ccc(C(F)(F)F)cc4F)CC2)=N3)CC1. The number of carbonyl (C=O) groups is 2. The molecule has 0 atom stereocenters. The summed E-state index contributed by atoms with van der Waals surface area (Å²) in [7, 11) is 0. The molecule has 3 heterocycles. The predicted molar refractivity (Wildman–Crippen MR) is 151 cm³/mol. The Kier molecular flexibility index (Phi) is 8.15. The molecule has 3 aliphatic rings. The first-order valence-corrected chi connectivity index (χ1v) is 14.0. The molecule has 5 rings (SSSR count). The van der Waals surface area contributed by atoms with Crippen LogP contribution < -0.4 is 0 Å². The van der Waals surface area contributed by atoms with Crippen molar-refractivity contribution >= 4 is 29.0 Å². The number of amides is 2. The van der Waals surface area contributed by atoms with Gasteiger partial charge in [-0.1, -0.05) is 18.2 Å². The van der Waals surface area contributed by atoms with Crippen molar-refractivity contribution in [3.63, 3.8) is 0 Å². The third-order valence-corrected chi connectivity index (χ3v) is 7.61. The van der Waals surface area contributed by atoms with Crippen LogP contribution in [0.4, 0.5) is 28.0 Å². The molecule has 2 aromatic carbocycles. The predicted octanol–water partition coefficient (Wildman–Crippen LogP) is 5.84. The van der Waals surface area contributed by atoms with Gasteiger partial charge in [0.05, 0.1) is 11.3 Å². The minimum Gasteiger partial charge on any atom is -0.444 e. The normalized spacial score (nSPS) is 18.0. The summed E-state index contributed by atoms with van der Waals surface area (Å²) >= 11 is 0. The number of carbonyl (C=O) groups excluding carboxylic acids is 2. The lowest BCUT2D eigenvalue weighted by molar-refractivity contribution is -0.137. The highest BCUT2D eigenvalue weighted by atomic mass is 19.4. The van der Waals surface area contributed by atoms with Gasteiger partial charge in [-0.25, -0.2) is 14.2 Å². The Morgan fingerprint density at radius 3 is 2.31 bits per heavy atom. The van der Waals surface area contributed by atoms with Crippen LogP contribution >= 0.6 is 0 Å². The van der Waals surface area contributed by atoms with E-state index in [2.05, 4.69) is 11.1 Å². The zero-order valence-corrected chi connectivity index (χ0v) is 23.9. The molecule has 7 nitrogen and oxygen atoms in total. The van der Waals surface area contributed by atoms with Gasteiger partial charge in [-0.15, -0.1) is 0 Å². The Hall–Kier alpha value is -3.73. The number of halogens is 4. The van der Waals surface area contributed by atoms with E-state index in [0.29, 0.717) is 63.9 Å². The van der Waals surface area contributed by atoms with Gasteiger partial charge in [0.2, 0.25) is 0 Å². The van der Waals surface area contributed by atoms with Gasteiger partial charge in [-0.3, -0.25) is 9.69 Å². The third kappa shape index (κ3) is 6.83. The molecule has 0 aliphatic carbocycles. The van der Waals surface area contributed by atoms with Crippen LogP contribution in [0, 0.1) is 5.82 Å². The molecule has 11 heteroatoms. The maximum Gasteiger partial charge on any atom is 0.416 e. The zero-order chi connectivity index (χ0) is 30.2. The standard InChI is InChI=1S/C31H34F4N4O3/c1-30(2,3)42-29(41)39-10-8-20(9-11-39)21-5-7-26-23(16-21)17-27(36-26)28(40)38-14-12-37(13-15-38)19-22-4-6-24(18-25(22)32)31(33,34)35/h4-8,16,18H,9-15,17,19H2,1-3H3. The number of rotatable bonds is 4. The minimum atomic E-state index is -4.59. The first kappa shape index (κ1) is 29.8. The smallest absolute Gasteiger partial charge is 0.416 e. The molecule has 1 fully saturated rings. The van der Waals surface area contributed by atoms with Crippen molar-refractivity contribution in [1.29, 1.82) is 0 Å². The van der Waals surface area contributed by atoms with Crippen molar-refractivity contribution in [3.8, 4) is 0 Å². The number of aliphatic imine (C=N–C) groups is 1. The Morgan fingerprint density at radius 1 is 0.952 bits per heavy atom. The van der Waals surface area contributed by atoms with Crippen LogP contribution in [0.2, 0.25) is 0 Å². The van der Waals surface area contributed by atoms with Crippen molar-refractivity contribution in [2.45, 2.75) is 51.9 Å². The quantitative estimate of drug-likeness (QED) is 0.423. The van der Waals surface area contributed by atoms with Crippen LogP contribution in [0.25, 0.3) is 5.57 Å². The van der Waals surface area contributed by atoms with E-state index in [1.54, 1.807) is 9.80 Å². The summed E-state index contributed by atoms with van der Waals surface area (Å²) in [5, 5.41) is 0. The second-order valence-corrected chi connectivity index (χ2v) is 11.9. The molecule has 0 bridgehead atoms. The molecule has 0 N–H and O–H groups in total. The van der Waals surface area contributed by atoms with Crippen LogP contribution in [0.15, 0.2) is 47.5 Å². The number of hydrogen-bond acceptors (Lipinski definition) is 5. The van der Waals surface area contributed by atoms with Crippen LogP contribution in [-0.4, -0.2) is 77.3 Å². The number of piperazine rings is 1. The molecule has 1 saturated heterocycles. The largest absolute Gasteiger partial charge is 0.444 e. The van der Waals surface area contributed by atoms with Crippen LogP contribution in [-0.2, 0) is 28.7 Å². The maximum absolute atomic E-state index is 14.3. The van der Waals surface area contributed by atoms with E-state index in [0.717, 1.165) is 28.5 Å². The molecule has 3 aliphatic heterocycles. The van der Waals surface area contributed by atoms with E-state index in [1.807, 2.05) is 43.9 Å². The second-order valence-electron chi connectivity index (χ2n) is 11.9. The van der Waals surface area contributed by atoms with E-state index in [-0.39, 0.29) is 24.1 Å². The molecule has 2 aromatic rings. The van der Waals surface area contributed by atoms with Crippen molar-refractivity contribution in [2.24, 2.45) is 4.99 Å². The molecule has 0 saturated carbocycles. The molecule has 224 valence electrons. The molecular formula is C31H34F4N4O3. The third-order valence-electron chi connectivity index (χ3n) is 7.61. The molecule has 0 unspecified atom stereocenters. The summed E-state index contributed by atoms with van der Waals surface area (Å²) in [5.41, 5.74) is 3.04. The Balaban J connectivity index is 1.14. The minimum absolute atomic E-state index is 0.141. The monoisotopic (exact) mass is 586 g/mol. The van der Waals surface area contributed by atoms with Gasteiger partial charge in [0.15, 0.2) is 0 Å². The zero-order valence-electron chi connectivity index (χ0n) is 23.9. The van der Waals surface area contributed by atoms with Crippen LogP contribution in [0.3, 0.4) is 0 Å². The average Bonchev–Trinajstić information content (AvgIpc) is 3.36. The lowest BCUT2D eigenvalue weighted by Gasteiger charge is -2.34. The van der Waals surface area contributed by atoms with Crippen LogP contribution in [0.1, 0.15) is 49.4 Å². The number of benzene rings is 2. The highest BCUT2D eigenvalue weighted by Gasteiger charge is 2.32. The Labute approximate surface area is 242 Å². The van der Waals surface area contributed by atoms with Crippen LogP contribution in [0.5, 0.6) is 0 Å². The molecule has 42 heavy (non-hydrogen) atoms. The lowest BCUT2D eigenvalue weighted by Crippen LogP contribution is -2.50. The van der Waals surface area contributed by atoms with Gasteiger partial charge < -0.3 is 14.5 Å². The summed E-state index contributed by atoms with van der Waals surface area (Å²) in [4.78, 5) is 35.5. The number of fused-ring (bicyclic) bond motifs is 1. The Morgan fingerprint density at radius 2 is 1.69 bits per heavy atom. The number of alkyl halides is 3. The first-order chi connectivity index (χ1) is 19.8. The molecule has 0 radical (unpaired) electrons.